The fourth-order valence-electron chi connectivity index (χ4n) is 3.57. The summed E-state index contributed by atoms with van der Waals surface area (Å²) in [5.74, 6) is -0.694. The molecule has 2 aliphatic heterocycles. The number of carbonyl (C=O) groups excluding carboxylic acids is 2. The third kappa shape index (κ3) is 3.68. The molecule has 2 amide bonds. The number of anilines is 2. The number of fused-ring (bicyclic) bond motifs is 1. The second-order valence-electron chi connectivity index (χ2n) is 7.00. The summed E-state index contributed by atoms with van der Waals surface area (Å²) in [5, 5.41) is 2.69. The summed E-state index contributed by atoms with van der Waals surface area (Å²) >= 11 is 0. The predicted octanol–water partition coefficient (Wildman–Crippen LogP) is 2.12. The molecule has 0 radical (unpaired) electrons. The first-order valence-corrected chi connectivity index (χ1v) is 9.27. The van der Waals surface area contributed by atoms with Gasteiger partial charge in [0.25, 0.3) is 11.8 Å². The van der Waals surface area contributed by atoms with E-state index in [0.29, 0.717) is 31.8 Å². The van der Waals surface area contributed by atoms with Crippen LogP contribution in [0.15, 0.2) is 30.3 Å². The lowest BCUT2D eigenvalue weighted by Gasteiger charge is -2.30. The lowest BCUT2D eigenvalue weighted by atomic mass is 10.0. The van der Waals surface area contributed by atoms with Gasteiger partial charge in [0.05, 0.1) is 5.56 Å². The normalized spacial score (nSPS) is 18.6. The number of carbonyl (C=O) groups is 2. The molecule has 1 atom stereocenters. The van der Waals surface area contributed by atoms with E-state index in [9.17, 15) is 14.0 Å². The average Bonchev–Trinajstić information content (AvgIpc) is 3.23. The fourth-order valence-corrected chi connectivity index (χ4v) is 3.57. The summed E-state index contributed by atoms with van der Waals surface area (Å²) < 4.78 is 18.5. The van der Waals surface area contributed by atoms with Crippen molar-refractivity contribution in [1.29, 1.82) is 0 Å². The Hall–Kier alpha value is -3.00. The first-order chi connectivity index (χ1) is 13.5. The monoisotopic (exact) mass is 384 g/mol. The number of hydrogen-bond donors (Lipinski definition) is 2. The molecule has 2 aliphatic rings. The molecule has 7 nitrogen and oxygen atoms in total. The van der Waals surface area contributed by atoms with Gasteiger partial charge in [0.1, 0.15) is 17.7 Å². The van der Waals surface area contributed by atoms with Crippen LogP contribution in [0.4, 0.5) is 15.9 Å². The van der Waals surface area contributed by atoms with E-state index >= 15 is 0 Å². The van der Waals surface area contributed by atoms with E-state index < -0.39 is 5.91 Å². The molecule has 2 aromatic rings. The minimum atomic E-state index is -0.429. The van der Waals surface area contributed by atoms with Crippen LogP contribution in [0.2, 0.25) is 0 Å². The SMILES string of the molecule is Nc1nc2c(cc1C(=O)Nc1ccc(F)cc1)CN(C(=O)[C@@H]1CCCO1)CC2. The lowest BCUT2D eigenvalue weighted by Crippen LogP contribution is -2.42. The number of nitrogens with two attached hydrogens (primary N) is 1. The Kier molecular flexibility index (Phi) is 4.95. The van der Waals surface area contributed by atoms with E-state index in [0.717, 1.165) is 24.1 Å². The van der Waals surface area contributed by atoms with Crippen LogP contribution < -0.4 is 11.1 Å². The Labute approximate surface area is 161 Å². The second kappa shape index (κ2) is 7.55. The van der Waals surface area contributed by atoms with Gasteiger partial charge in [-0.25, -0.2) is 9.37 Å². The number of rotatable bonds is 3. The molecular weight excluding hydrogens is 363 g/mol. The van der Waals surface area contributed by atoms with Crippen LogP contribution in [0.5, 0.6) is 0 Å². The molecule has 8 heteroatoms. The van der Waals surface area contributed by atoms with E-state index in [1.54, 1.807) is 11.0 Å². The molecule has 1 aromatic heterocycles. The molecule has 28 heavy (non-hydrogen) atoms. The Morgan fingerprint density at radius 2 is 2.07 bits per heavy atom. The molecule has 4 rings (SSSR count). The largest absolute Gasteiger partial charge is 0.383 e. The molecular formula is C20H21FN4O3. The van der Waals surface area contributed by atoms with E-state index in [4.69, 9.17) is 10.5 Å². The molecule has 0 aliphatic carbocycles. The van der Waals surface area contributed by atoms with Crippen molar-refractivity contribution in [2.24, 2.45) is 0 Å². The maximum atomic E-state index is 13.0. The number of nitrogens with zero attached hydrogens (tertiary/aromatic N) is 2. The second-order valence-corrected chi connectivity index (χ2v) is 7.00. The van der Waals surface area contributed by atoms with Gasteiger partial charge in [-0.3, -0.25) is 9.59 Å². The molecule has 1 fully saturated rings. The van der Waals surface area contributed by atoms with Gasteiger partial charge in [-0.2, -0.15) is 0 Å². The third-order valence-electron chi connectivity index (χ3n) is 5.06. The van der Waals surface area contributed by atoms with Gasteiger partial charge in [-0.05, 0) is 48.7 Å². The molecule has 0 spiro atoms. The number of benzene rings is 1. The molecule has 146 valence electrons. The van der Waals surface area contributed by atoms with E-state index in [1.807, 2.05) is 0 Å². The van der Waals surface area contributed by atoms with E-state index in [1.165, 1.54) is 24.3 Å². The van der Waals surface area contributed by atoms with Gasteiger partial charge >= 0.3 is 0 Å². The summed E-state index contributed by atoms with van der Waals surface area (Å²) in [4.78, 5) is 31.3. The van der Waals surface area contributed by atoms with Crippen LogP contribution >= 0.6 is 0 Å². The van der Waals surface area contributed by atoms with Crippen LogP contribution in [-0.4, -0.2) is 41.0 Å². The summed E-state index contributed by atoms with van der Waals surface area (Å²) in [5.41, 5.74) is 8.27. The summed E-state index contributed by atoms with van der Waals surface area (Å²) in [6, 6.07) is 7.15. The van der Waals surface area contributed by atoms with Crippen LogP contribution in [-0.2, 0) is 22.5 Å². The van der Waals surface area contributed by atoms with Crippen molar-refractivity contribution < 1.29 is 18.7 Å². The summed E-state index contributed by atoms with van der Waals surface area (Å²) in [6.45, 7) is 1.55. The number of nitrogens with one attached hydrogen (secondary N) is 1. The van der Waals surface area contributed by atoms with Gasteiger partial charge in [0.2, 0.25) is 0 Å². The van der Waals surface area contributed by atoms with Crippen molar-refractivity contribution in [1.82, 2.24) is 9.88 Å². The number of ether oxygens (including phenoxy) is 1. The highest BCUT2D eigenvalue weighted by Gasteiger charge is 2.31. The number of pyridine rings is 1. The standard InChI is InChI=1S/C20H21FN4O3/c21-13-3-5-14(6-4-13)23-19(26)15-10-12-11-25(8-7-16(12)24-18(15)22)20(27)17-2-1-9-28-17/h3-6,10,17H,1-2,7-9,11H2,(H2,22,24)(H,23,26)/t17-/m0/s1. The fraction of sp³-hybridized carbons (Fsp3) is 0.350. The Morgan fingerprint density at radius 3 is 2.79 bits per heavy atom. The van der Waals surface area contributed by atoms with Gasteiger partial charge in [-0.1, -0.05) is 0 Å². The van der Waals surface area contributed by atoms with Gasteiger partial charge in [-0.15, -0.1) is 0 Å². The van der Waals surface area contributed by atoms with Crippen LogP contribution in [0.25, 0.3) is 0 Å². The van der Waals surface area contributed by atoms with Crippen molar-refractivity contribution in [2.45, 2.75) is 31.9 Å². The molecule has 3 N–H and O–H groups in total. The molecule has 3 heterocycles. The van der Waals surface area contributed by atoms with Crippen molar-refractivity contribution in [3.05, 3.63) is 53.0 Å². The third-order valence-corrected chi connectivity index (χ3v) is 5.06. The molecule has 0 unspecified atom stereocenters. The van der Waals surface area contributed by atoms with Gasteiger partial charge < -0.3 is 20.7 Å². The zero-order chi connectivity index (χ0) is 19.7. The van der Waals surface area contributed by atoms with Crippen LogP contribution in [0, 0.1) is 5.82 Å². The van der Waals surface area contributed by atoms with Crippen molar-refractivity contribution in [2.75, 3.05) is 24.2 Å². The zero-order valence-electron chi connectivity index (χ0n) is 15.3. The minimum absolute atomic E-state index is 0.0164. The highest BCUT2D eigenvalue weighted by Crippen LogP contribution is 2.25. The first-order valence-electron chi connectivity index (χ1n) is 9.27. The summed E-state index contributed by atoms with van der Waals surface area (Å²) in [7, 11) is 0. The summed E-state index contributed by atoms with van der Waals surface area (Å²) in [6.07, 6.45) is 1.85. The minimum Gasteiger partial charge on any atom is -0.383 e. The van der Waals surface area contributed by atoms with Crippen molar-refractivity contribution in [3.63, 3.8) is 0 Å². The first kappa shape index (κ1) is 18.4. The highest BCUT2D eigenvalue weighted by atomic mass is 19.1. The molecule has 1 aromatic carbocycles. The number of halogens is 1. The smallest absolute Gasteiger partial charge is 0.259 e. The maximum absolute atomic E-state index is 13.0. The van der Waals surface area contributed by atoms with E-state index in [-0.39, 0.29) is 29.2 Å². The molecule has 0 bridgehead atoms. The van der Waals surface area contributed by atoms with Crippen LogP contribution in [0.1, 0.15) is 34.5 Å². The lowest BCUT2D eigenvalue weighted by molar-refractivity contribution is -0.141. The van der Waals surface area contributed by atoms with Crippen molar-refractivity contribution >= 4 is 23.3 Å². The van der Waals surface area contributed by atoms with Crippen molar-refractivity contribution in [3.8, 4) is 0 Å². The van der Waals surface area contributed by atoms with E-state index in [2.05, 4.69) is 10.3 Å². The number of amides is 2. The van der Waals surface area contributed by atoms with Gasteiger partial charge in [0.15, 0.2) is 0 Å². The average molecular weight is 384 g/mol. The molecule has 0 saturated carbocycles. The number of nitrogen functional groups attached to an aromatic ring is 1. The molecule has 1 saturated heterocycles. The highest BCUT2D eigenvalue weighted by molar-refractivity contribution is 6.07. The topological polar surface area (TPSA) is 97.5 Å². The Morgan fingerprint density at radius 1 is 1.29 bits per heavy atom. The maximum Gasteiger partial charge on any atom is 0.259 e. The quantitative estimate of drug-likeness (QED) is 0.845. The Balaban J connectivity index is 1.52. The van der Waals surface area contributed by atoms with Crippen LogP contribution in [0.3, 0.4) is 0 Å². The number of hydrogen-bond acceptors (Lipinski definition) is 5. The Bertz CT molecular complexity index is 910. The van der Waals surface area contributed by atoms with Gasteiger partial charge in [0, 0.05) is 37.5 Å². The number of aromatic nitrogens is 1. The zero-order valence-corrected chi connectivity index (χ0v) is 15.3. The predicted molar refractivity (Wildman–Crippen MR) is 101 cm³/mol.